The first-order valence-electron chi connectivity index (χ1n) is 6.73. The highest BCUT2D eigenvalue weighted by atomic mass is 19.1. The van der Waals surface area contributed by atoms with E-state index in [1.807, 2.05) is 0 Å². The first-order valence-corrected chi connectivity index (χ1v) is 6.73. The Hall–Kier alpha value is -2.96. The van der Waals surface area contributed by atoms with Crippen LogP contribution in [0.25, 0.3) is 11.1 Å². The van der Waals surface area contributed by atoms with Gasteiger partial charge in [-0.2, -0.15) is 0 Å². The SMILES string of the molecule is CN=C(COC(N)=O)c1ccc(-c2ccnc(OC)c2)c(F)c1. The van der Waals surface area contributed by atoms with Crippen LogP contribution < -0.4 is 10.5 Å². The molecule has 1 heterocycles. The minimum absolute atomic E-state index is 0.117. The monoisotopic (exact) mass is 317 g/mol. The fourth-order valence-corrected chi connectivity index (χ4v) is 2.03. The predicted molar refractivity (Wildman–Crippen MR) is 84.2 cm³/mol. The zero-order valence-corrected chi connectivity index (χ0v) is 12.7. The molecule has 0 unspecified atom stereocenters. The number of rotatable bonds is 5. The number of primary amides is 1. The van der Waals surface area contributed by atoms with Crippen LogP contribution in [0.2, 0.25) is 0 Å². The van der Waals surface area contributed by atoms with Gasteiger partial charge in [0.15, 0.2) is 0 Å². The van der Waals surface area contributed by atoms with E-state index in [4.69, 9.17) is 15.2 Å². The van der Waals surface area contributed by atoms with Crippen LogP contribution in [0.3, 0.4) is 0 Å². The first kappa shape index (κ1) is 16.4. The van der Waals surface area contributed by atoms with Gasteiger partial charge in [0, 0.05) is 30.4 Å². The van der Waals surface area contributed by atoms with Gasteiger partial charge in [0.2, 0.25) is 5.88 Å². The molecule has 2 aromatic rings. The number of ether oxygens (including phenoxy) is 2. The molecule has 1 aromatic heterocycles. The lowest BCUT2D eigenvalue weighted by Gasteiger charge is -2.09. The Morgan fingerprint density at radius 2 is 2.13 bits per heavy atom. The molecule has 1 aromatic carbocycles. The van der Waals surface area contributed by atoms with E-state index in [2.05, 4.69) is 9.98 Å². The number of nitrogens with zero attached hydrogens (tertiary/aromatic N) is 2. The van der Waals surface area contributed by atoms with Crippen LogP contribution in [0.1, 0.15) is 5.56 Å². The largest absolute Gasteiger partial charge is 0.481 e. The summed E-state index contributed by atoms with van der Waals surface area (Å²) in [6, 6.07) is 7.97. The van der Waals surface area contributed by atoms with Crippen LogP contribution in [-0.4, -0.2) is 37.6 Å². The number of methoxy groups -OCH3 is 1. The van der Waals surface area contributed by atoms with Crippen molar-refractivity contribution >= 4 is 11.8 Å². The third-order valence-electron chi connectivity index (χ3n) is 3.18. The number of carbonyl (C=O) groups excluding carboxylic acids is 1. The molecule has 0 saturated heterocycles. The first-order chi connectivity index (χ1) is 11.0. The summed E-state index contributed by atoms with van der Waals surface area (Å²) in [7, 11) is 3.02. The number of hydrogen-bond acceptors (Lipinski definition) is 5. The van der Waals surface area contributed by atoms with Gasteiger partial charge in [-0.25, -0.2) is 14.2 Å². The Kier molecular flexibility index (Phi) is 5.24. The number of aliphatic imine (C=N–C) groups is 1. The molecule has 0 spiro atoms. The predicted octanol–water partition coefficient (Wildman–Crippen LogP) is 2.41. The van der Waals surface area contributed by atoms with Crippen molar-refractivity contribution in [2.24, 2.45) is 10.7 Å². The van der Waals surface area contributed by atoms with Crippen molar-refractivity contribution in [3.05, 3.63) is 47.9 Å². The van der Waals surface area contributed by atoms with Crippen molar-refractivity contribution in [1.82, 2.24) is 4.98 Å². The molecule has 120 valence electrons. The van der Waals surface area contributed by atoms with Crippen LogP contribution in [0.15, 0.2) is 41.5 Å². The maximum atomic E-state index is 14.4. The van der Waals surface area contributed by atoms with Crippen molar-refractivity contribution in [1.29, 1.82) is 0 Å². The molecular weight excluding hydrogens is 301 g/mol. The molecule has 23 heavy (non-hydrogen) atoms. The lowest BCUT2D eigenvalue weighted by atomic mass is 10.0. The standard InChI is InChI=1S/C16H16FN3O3/c1-19-14(9-23-16(18)21)11-3-4-12(13(17)7-11)10-5-6-20-15(8-10)22-2/h3-8H,9H2,1-2H3,(H2,18,21). The minimum atomic E-state index is -0.910. The molecule has 0 saturated carbocycles. The van der Waals surface area contributed by atoms with E-state index >= 15 is 0 Å². The molecule has 6 nitrogen and oxygen atoms in total. The van der Waals surface area contributed by atoms with E-state index in [-0.39, 0.29) is 6.61 Å². The van der Waals surface area contributed by atoms with E-state index in [0.29, 0.717) is 28.3 Å². The summed E-state index contributed by atoms with van der Waals surface area (Å²) in [5.41, 5.74) is 6.90. The van der Waals surface area contributed by atoms with Gasteiger partial charge < -0.3 is 15.2 Å². The lowest BCUT2D eigenvalue weighted by molar-refractivity contribution is 0.173. The highest BCUT2D eigenvalue weighted by molar-refractivity contribution is 6.02. The number of carbonyl (C=O) groups is 1. The summed E-state index contributed by atoms with van der Waals surface area (Å²) < 4.78 is 24.2. The summed E-state index contributed by atoms with van der Waals surface area (Å²) in [6.45, 7) is -0.117. The Labute approximate surface area is 132 Å². The normalized spacial score (nSPS) is 11.2. The number of hydrogen-bond donors (Lipinski definition) is 1. The second-order valence-electron chi connectivity index (χ2n) is 4.56. The van der Waals surface area contributed by atoms with E-state index < -0.39 is 11.9 Å². The summed E-state index contributed by atoms with van der Waals surface area (Å²) in [5, 5.41) is 0. The number of halogens is 1. The van der Waals surface area contributed by atoms with Gasteiger partial charge in [-0.05, 0) is 17.7 Å². The van der Waals surface area contributed by atoms with Crippen molar-refractivity contribution in [2.45, 2.75) is 0 Å². The topological polar surface area (TPSA) is 86.8 Å². The second-order valence-corrected chi connectivity index (χ2v) is 4.56. The molecule has 0 radical (unpaired) electrons. The van der Waals surface area contributed by atoms with Crippen molar-refractivity contribution in [3.63, 3.8) is 0 Å². The van der Waals surface area contributed by atoms with Gasteiger partial charge in [0.1, 0.15) is 12.4 Å². The number of amides is 1. The summed E-state index contributed by atoms with van der Waals surface area (Å²) in [6.07, 6.45) is 0.633. The molecule has 0 fully saturated rings. The lowest BCUT2D eigenvalue weighted by Crippen LogP contribution is -2.19. The third-order valence-corrected chi connectivity index (χ3v) is 3.18. The molecule has 7 heteroatoms. The van der Waals surface area contributed by atoms with Crippen molar-refractivity contribution < 1.29 is 18.7 Å². The van der Waals surface area contributed by atoms with Crippen molar-refractivity contribution in [2.75, 3.05) is 20.8 Å². The molecule has 0 aliphatic rings. The number of aromatic nitrogens is 1. The highest BCUT2D eigenvalue weighted by Crippen LogP contribution is 2.26. The van der Waals surface area contributed by atoms with E-state index in [1.165, 1.54) is 20.2 Å². The Morgan fingerprint density at radius 1 is 1.35 bits per heavy atom. The molecule has 2 rings (SSSR count). The summed E-state index contributed by atoms with van der Waals surface area (Å²) in [4.78, 5) is 18.6. The van der Waals surface area contributed by atoms with Gasteiger partial charge in [-0.3, -0.25) is 4.99 Å². The quantitative estimate of drug-likeness (QED) is 0.858. The molecule has 0 atom stereocenters. The van der Waals surface area contributed by atoms with Gasteiger partial charge >= 0.3 is 6.09 Å². The van der Waals surface area contributed by atoms with Crippen molar-refractivity contribution in [3.8, 4) is 17.0 Å². The van der Waals surface area contributed by atoms with Crippen LogP contribution in [0.5, 0.6) is 5.88 Å². The molecule has 0 bridgehead atoms. The van der Waals surface area contributed by atoms with Gasteiger partial charge in [-0.1, -0.05) is 12.1 Å². The minimum Gasteiger partial charge on any atom is -0.481 e. The Morgan fingerprint density at radius 3 is 2.74 bits per heavy atom. The Bertz CT molecular complexity index is 747. The second kappa shape index (κ2) is 7.35. The molecular formula is C16H16FN3O3. The molecule has 0 aliphatic carbocycles. The van der Waals surface area contributed by atoms with E-state index in [9.17, 15) is 9.18 Å². The molecule has 2 N–H and O–H groups in total. The highest BCUT2D eigenvalue weighted by Gasteiger charge is 2.11. The third kappa shape index (κ3) is 4.03. The van der Waals surface area contributed by atoms with Gasteiger partial charge in [0.05, 0.1) is 12.8 Å². The van der Waals surface area contributed by atoms with Crippen LogP contribution in [0.4, 0.5) is 9.18 Å². The van der Waals surface area contributed by atoms with Crippen LogP contribution in [-0.2, 0) is 4.74 Å². The van der Waals surface area contributed by atoms with Crippen LogP contribution in [0, 0.1) is 5.82 Å². The van der Waals surface area contributed by atoms with Crippen LogP contribution >= 0.6 is 0 Å². The summed E-state index contributed by atoms with van der Waals surface area (Å²) >= 11 is 0. The number of nitrogens with two attached hydrogens (primary N) is 1. The zero-order chi connectivity index (χ0) is 16.8. The average Bonchev–Trinajstić information content (AvgIpc) is 2.55. The number of pyridine rings is 1. The maximum Gasteiger partial charge on any atom is 0.404 e. The number of benzene rings is 1. The molecule has 0 aliphatic heterocycles. The fraction of sp³-hybridized carbons (Fsp3) is 0.188. The zero-order valence-electron chi connectivity index (χ0n) is 12.7. The molecule has 1 amide bonds. The Balaban J connectivity index is 2.31. The van der Waals surface area contributed by atoms with Gasteiger partial charge in [-0.15, -0.1) is 0 Å². The van der Waals surface area contributed by atoms with E-state index in [0.717, 1.165) is 0 Å². The van der Waals surface area contributed by atoms with Gasteiger partial charge in [0.25, 0.3) is 0 Å². The van der Waals surface area contributed by atoms with E-state index in [1.54, 1.807) is 30.5 Å². The summed E-state index contributed by atoms with van der Waals surface area (Å²) in [5.74, 6) is -0.0346. The fourth-order valence-electron chi connectivity index (χ4n) is 2.03. The average molecular weight is 317 g/mol. The smallest absolute Gasteiger partial charge is 0.404 e. The maximum absolute atomic E-state index is 14.4.